The van der Waals surface area contributed by atoms with Crippen LogP contribution < -0.4 is 0 Å². The maximum Gasteiger partial charge on any atom is 0.211 e. The summed E-state index contributed by atoms with van der Waals surface area (Å²) in [5.41, 5.74) is 0.765. The number of hydrogen-bond acceptors (Lipinski definition) is 4. The van der Waals surface area contributed by atoms with Crippen molar-refractivity contribution in [3.05, 3.63) is 22.4 Å². The normalized spacial score (nSPS) is 12.2. The molecule has 1 unspecified atom stereocenters. The Hall–Kier alpha value is -0.130. The molecule has 1 aromatic heterocycles. The van der Waals surface area contributed by atoms with Gasteiger partial charge in [0.25, 0.3) is 0 Å². The predicted octanol–water partition coefficient (Wildman–Crippen LogP) is 4.45. The van der Waals surface area contributed by atoms with Crippen molar-refractivity contribution in [2.24, 2.45) is 0 Å². The van der Waals surface area contributed by atoms with Gasteiger partial charge in [-0.05, 0) is 59.4 Å². The molecule has 0 aliphatic heterocycles. The fraction of sp³-hybridized carbons (Fsp3) is 0.500. The second-order valence-corrected chi connectivity index (χ2v) is 6.03. The molecule has 0 fully saturated rings. The molecular weight excluding hydrogens is 318 g/mol. The molecule has 0 spiro atoms. The molecule has 0 aromatic carbocycles. The zero-order chi connectivity index (χ0) is 12.8. The van der Waals surface area contributed by atoms with Gasteiger partial charge in [-0.25, -0.2) is 4.98 Å². The van der Waals surface area contributed by atoms with Gasteiger partial charge in [0.2, 0.25) is 5.05 Å². The first kappa shape index (κ1) is 14.9. The van der Waals surface area contributed by atoms with E-state index in [0.29, 0.717) is 5.05 Å². The minimum Gasteiger partial charge on any atom is -0.479 e. The van der Waals surface area contributed by atoms with Gasteiger partial charge in [0, 0.05) is 4.90 Å². The van der Waals surface area contributed by atoms with Crippen molar-refractivity contribution in [1.82, 2.24) is 4.98 Å². The first-order valence-electron chi connectivity index (χ1n) is 5.58. The number of aromatic nitrogens is 1. The third kappa shape index (κ3) is 4.56. The van der Waals surface area contributed by atoms with Crippen molar-refractivity contribution in [2.75, 3.05) is 5.75 Å². The van der Waals surface area contributed by atoms with Crippen LogP contribution in [-0.4, -0.2) is 21.9 Å². The average molecular weight is 334 g/mol. The van der Waals surface area contributed by atoms with Gasteiger partial charge < -0.3 is 4.74 Å². The fourth-order valence-corrected chi connectivity index (χ4v) is 2.61. The molecular formula is C12H16BrNOS2. The number of hydrogen-bond donors (Lipinski definition) is 0. The molecule has 1 rings (SSSR count). The summed E-state index contributed by atoms with van der Waals surface area (Å²) < 4.78 is 6.44. The summed E-state index contributed by atoms with van der Waals surface area (Å²) >= 11 is 10.4. The minimum absolute atomic E-state index is 0.128. The second-order valence-electron chi connectivity index (χ2n) is 3.54. The van der Waals surface area contributed by atoms with E-state index in [-0.39, 0.29) is 6.10 Å². The molecule has 0 aliphatic rings. The maximum absolute atomic E-state index is 5.66. The van der Waals surface area contributed by atoms with Gasteiger partial charge in [-0.15, -0.1) is 11.8 Å². The number of thioether (sulfide) groups is 1. The van der Waals surface area contributed by atoms with Gasteiger partial charge in [0.1, 0.15) is 10.3 Å². The molecule has 17 heavy (non-hydrogen) atoms. The Morgan fingerprint density at radius 2 is 2.24 bits per heavy atom. The molecule has 1 aromatic rings. The van der Waals surface area contributed by atoms with Crippen molar-refractivity contribution in [1.29, 1.82) is 0 Å². The lowest BCUT2D eigenvalue weighted by atomic mass is 10.3. The van der Waals surface area contributed by atoms with E-state index >= 15 is 0 Å². The van der Waals surface area contributed by atoms with Crippen molar-refractivity contribution in [2.45, 2.75) is 38.2 Å². The van der Waals surface area contributed by atoms with E-state index in [9.17, 15) is 0 Å². The van der Waals surface area contributed by atoms with E-state index in [2.05, 4.69) is 34.8 Å². The van der Waals surface area contributed by atoms with Crippen LogP contribution in [0.3, 0.4) is 0 Å². The van der Waals surface area contributed by atoms with Crippen LogP contribution >= 0.6 is 39.9 Å². The average Bonchev–Trinajstić information content (AvgIpc) is 2.31. The highest BCUT2D eigenvalue weighted by Gasteiger charge is 2.13. The lowest BCUT2D eigenvalue weighted by molar-refractivity contribution is 0.210. The van der Waals surface area contributed by atoms with Crippen LogP contribution in [-0.2, 0) is 4.74 Å². The van der Waals surface area contributed by atoms with Gasteiger partial charge in [-0.1, -0.05) is 13.8 Å². The SMILES string of the molecule is CCSc1ccc(Br)nc1C(=S)OC(C)CC. The Kier molecular flexibility index (Phi) is 6.44. The van der Waals surface area contributed by atoms with E-state index in [1.807, 2.05) is 19.1 Å². The van der Waals surface area contributed by atoms with Crippen LogP contribution in [0.2, 0.25) is 0 Å². The van der Waals surface area contributed by atoms with E-state index in [0.717, 1.165) is 27.4 Å². The minimum atomic E-state index is 0.128. The highest BCUT2D eigenvalue weighted by molar-refractivity contribution is 9.10. The third-order valence-electron chi connectivity index (χ3n) is 2.20. The molecule has 0 radical (unpaired) electrons. The molecule has 0 N–H and O–H groups in total. The highest BCUT2D eigenvalue weighted by Crippen LogP contribution is 2.24. The Balaban J connectivity index is 2.93. The number of rotatable bonds is 5. The summed E-state index contributed by atoms with van der Waals surface area (Å²) in [5, 5.41) is 0.483. The Labute approximate surface area is 121 Å². The van der Waals surface area contributed by atoms with Crippen molar-refractivity contribution in [3.8, 4) is 0 Å². The topological polar surface area (TPSA) is 22.1 Å². The summed E-state index contributed by atoms with van der Waals surface area (Å²) in [5.74, 6) is 0.988. The van der Waals surface area contributed by atoms with Crippen LogP contribution in [0, 0.1) is 0 Å². The summed E-state index contributed by atoms with van der Waals surface area (Å²) in [6.45, 7) is 6.19. The molecule has 0 bridgehead atoms. The van der Waals surface area contributed by atoms with Gasteiger partial charge in [0.05, 0.1) is 6.10 Å². The van der Waals surface area contributed by atoms with E-state index in [1.165, 1.54) is 0 Å². The molecule has 0 amide bonds. The maximum atomic E-state index is 5.66. The zero-order valence-corrected chi connectivity index (χ0v) is 13.4. The Morgan fingerprint density at radius 1 is 1.53 bits per heavy atom. The first-order chi connectivity index (χ1) is 8.08. The number of nitrogens with zero attached hydrogens (tertiary/aromatic N) is 1. The monoisotopic (exact) mass is 333 g/mol. The lowest BCUT2D eigenvalue weighted by Crippen LogP contribution is -2.15. The van der Waals surface area contributed by atoms with E-state index in [4.69, 9.17) is 17.0 Å². The quantitative estimate of drug-likeness (QED) is 0.451. The molecule has 94 valence electrons. The van der Waals surface area contributed by atoms with Crippen molar-refractivity contribution < 1.29 is 4.74 Å². The van der Waals surface area contributed by atoms with Crippen LogP contribution in [0.25, 0.3) is 0 Å². The second kappa shape index (κ2) is 7.34. The molecule has 2 nitrogen and oxygen atoms in total. The fourth-order valence-electron chi connectivity index (χ4n) is 1.16. The zero-order valence-electron chi connectivity index (χ0n) is 10.2. The molecule has 1 heterocycles. The Morgan fingerprint density at radius 3 is 2.82 bits per heavy atom. The van der Waals surface area contributed by atoms with Gasteiger partial charge in [0.15, 0.2) is 0 Å². The van der Waals surface area contributed by atoms with E-state index < -0.39 is 0 Å². The lowest BCUT2D eigenvalue weighted by Gasteiger charge is -2.15. The molecule has 1 atom stereocenters. The molecule has 0 aliphatic carbocycles. The van der Waals surface area contributed by atoms with Crippen molar-refractivity contribution in [3.63, 3.8) is 0 Å². The largest absolute Gasteiger partial charge is 0.479 e. The molecule has 0 saturated carbocycles. The number of ether oxygens (including phenoxy) is 1. The van der Waals surface area contributed by atoms with Crippen LogP contribution in [0.4, 0.5) is 0 Å². The number of halogens is 1. The standard InChI is InChI=1S/C12H16BrNOS2/c1-4-8(3)15-12(16)11-9(17-5-2)6-7-10(13)14-11/h6-8H,4-5H2,1-3H3. The van der Waals surface area contributed by atoms with E-state index in [1.54, 1.807) is 11.8 Å². The predicted molar refractivity (Wildman–Crippen MR) is 80.9 cm³/mol. The summed E-state index contributed by atoms with van der Waals surface area (Å²) in [6.07, 6.45) is 1.06. The van der Waals surface area contributed by atoms with Crippen molar-refractivity contribution >= 4 is 45.0 Å². The number of pyridine rings is 1. The first-order valence-corrected chi connectivity index (χ1v) is 7.77. The van der Waals surface area contributed by atoms with Gasteiger partial charge in [-0.3, -0.25) is 0 Å². The number of thiocarbonyl (C=S) groups is 1. The van der Waals surface area contributed by atoms with Crippen LogP contribution in [0.1, 0.15) is 32.9 Å². The van der Waals surface area contributed by atoms with Gasteiger partial charge in [-0.2, -0.15) is 0 Å². The Bertz CT molecular complexity index is 398. The summed E-state index contributed by atoms with van der Waals surface area (Å²) in [6, 6.07) is 3.94. The van der Waals surface area contributed by atoms with Crippen LogP contribution in [0.15, 0.2) is 21.6 Å². The molecule has 5 heteroatoms. The molecule has 0 saturated heterocycles. The highest BCUT2D eigenvalue weighted by atomic mass is 79.9. The van der Waals surface area contributed by atoms with Gasteiger partial charge >= 0.3 is 0 Å². The summed E-state index contributed by atoms with van der Waals surface area (Å²) in [4.78, 5) is 5.48. The summed E-state index contributed by atoms with van der Waals surface area (Å²) in [7, 11) is 0. The third-order valence-corrected chi connectivity index (χ3v) is 3.86. The smallest absolute Gasteiger partial charge is 0.211 e. The van der Waals surface area contributed by atoms with Crippen LogP contribution in [0.5, 0.6) is 0 Å².